The molecule has 0 aliphatic carbocycles. The maximum atomic E-state index is 11.6. The number of halogens is 1. The summed E-state index contributed by atoms with van der Waals surface area (Å²) >= 11 is 6.65. The molecule has 0 bridgehead atoms. The van der Waals surface area contributed by atoms with Gasteiger partial charge >= 0.3 is 5.97 Å². The zero-order chi connectivity index (χ0) is 31.9. The molecule has 1 aromatic heterocycles. The molecule has 3 N–H and O–H groups in total. The van der Waals surface area contributed by atoms with Gasteiger partial charge in [-0.2, -0.15) is 5.26 Å². The summed E-state index contributed by atoms with van der Waals surface area (Å²) in [6, 6.07) is 17.7. The van der Waals surface area contributed by atoms with Crippen LogP contribution in [-0.4, -0.2) is 46.5 Å². The fraction of sp³-hybridized carbons (Fsp3) is 0.265. The van der Waals surface area contributed by atoms with Crippen molar-refractivity contribution in [2.24, 2.45) is 0 Å². The SMILES string of the molecule is Cc1c(COc2cc(OCc3cncc(C#N)c3)c(CNC(C(=O)O)C(C)O)cc2Cl)cccc1-c1ccc2c(c1)OCCO2. The number of carboxylic acid groups (broad SMARTS) is 1. The summed E-state index contributed by atoms with van der Waals surface area (Å²) in [5, 5.41) is 31.8. The fourth-order valence-corrected chi connectivity index (χ4v) is 5.19. The Hall–Kier alpha value is -4.82. The Labute approximate surface area is 265 Å². The Morgan fingerprint density at radius 2 is 1.82 bits per heavy atom. The van der Waals surface area contributed by atoms with Crippen molar-refractivity contribution in [2.45, 2.75) is 45.8 Å². The van der Waals surface area contributed by atoms with Crippen molar-refractivity contribution >= 4 is 17.6 Å². The first kappa shape index (κ1) is 31.6. The smallest absolute Gasteiger partial charge is 0.323 e. The molecule has 0 fully saturated rings. The third-order valence-electron chi connectivity index (χ3n) is 7.38. The van der Waals surface area contributed by atoms with Crippen LogP contribution in [0.2, 0.25) is 5.02 Å². The van der Waals surface area contributed by atoms with E-state index in [1.807, 2.05) is 43.3 Å². The number of aliphatic hydroxyl groups is 1. The third-order valence-corrected chi connectivity index (χ3v) is 7.67. The molecule has 2 atom stereocenters. The van der Waals surface area contributed by atoms with Crippen molar-refractivity contribution in [3.8, 4) is 40.2 Å². The molecule has 1 aliphatic rings. The van der Waals surface area contributed by atoms with Gasteiger partial charge in [0, 0.05) is 36.1 Å². The summed E-state index contributed by atoms with van der Waals surface area (Å²) in [5.41, 5.74) is 5.63. The van der Waals surface area contributed by atoms with Gasteiger partial charge in [0.15, 0.2) is 11.5 Å². The lowest BCUT2D eigenvalue weighted by molar-refractivity contribution is -0.142. The number of benzene rings is 3. The topological polar surface area (TPSA) is 143 Å². The predicted octanol–water partition coefficient (Wildman–Crippen LogP) is 5.43. The molecular weight excluding hydrogens is 598 g/mol. The van der Waals surface area contributed by atoms with Gasteiger partial charge in [0.1, 0.15) is 50.0 Å². The Kier molecular flexibility index (Phi) is 10.0. The molecule has 11 heteroatoms. The van der Waals surface area contributed by atoms with Gasteiger partial charge in [-0.15, -0.1) is 0 Å². The van der Waals surface area contributed by atoms with Crippen LogP contribution in [0.5, 0.6) is 23.0 Å². The lowest BCUT2D eigenvalue weighted by Crippen LogP contribution is -2.44. The van der Waals surface area contributed by atoms with Crippen LogP contribution in [0.3, 0.4) is 0 Å². The van der Waals surface area contributed by atoms with Crippen LogP contribution in [0.25, 0.3) is 11.1 Å². The first-order chi connectivity index (χ1) is 21.7. The fourth-order valence-electron chi connectivity index (χ4n) is 4.95. The van der Waals surface area contributed by atoms with Crippen LogP contribution in [0.1, 0.15) is 34.7 Å². The molecule has 5 rings (SSSR count). The molecule has 0 spiro atoms. The van der Waals surface area contributed by atoms with Crippen LogP contribution in [0.15, 0.2) is 67.0 Å². The Morgan fingerprint density at radius 3 is 2.58 bits per heavy atom. The second kappa shape index (κ2) is 14.3. The second-order valence-electron chi connectivity index (χ2n) is 10.5. The van der Waals surface area contributed by atoms with Gasteiger partial charge < -0.3 is 29.2 Å². The van der Waals surface area contributed by atoms with Crippen molar-refractivity contribution in [1.29, 1.82) is 5.26 Å². The van der Waals surface area contributed by atoms with Gasteiger partial charge in [0.05, 0.1) is 16.7 Å². The highest BCUT2D eigenvalue weighted by atomic mass is 35.5. The number of carboxylic acids is 1. The van der Waals surface area contributed by atoms with Crippen LogP contribution in [0.4, 0.5) is 0 Å². The molecular formula is C34H32ClN3O7. The maximum Gasteiger partial charge on any atom is 0.323 e. The van der Waals surface area contributed by atoms with Gasteiger partial charge in [0.25, 0.3) is 0 Å². The third kappa shape index (κ3) is 7.64. The van der Waals surface area contributed by atoms with Crippen molar-refractivity contribution in [2.75, 3.05) is 13.2 Å². The Bertz CT molecular complexity index is 1740. The number of aromatic nitrogens is 1. The summed E-state index contributed by atoms with van der Waals surface area (Å²) < 4.78 is 23.7. The van der Waals surface area contributed by atoms with E-state index in [4.69, 9.17) is 30.5 Å². The van der Waals surface area contributed by atoms with E-state index >= 15 is 0 Å². The van der Waals surface area contributed by atoms with Crippen LogP contribution >= 0.6 is 11.6 Å². The molecule has 0 saturated carbocycles. The number of hydrogen-bond acceptors (Lipinski definition) is 9. The normalized spacial score (nSPS) is 13.4. The maximum absolute atomic E-state index is 11.6. The van der Waals surface area contributed by atoms with Crippen molar-refractivity contribution in [3.63, 3.8) is 0 Å². The van der Waals surface area contributed by atoms with Crippen molar-refractivity contribution in [3.05, 3.63) is 99.8 Å². The molecule has 4 aromatic rings. The minimum absolute atomic E-state index is 0.0460. The summed E-state index contributed by atoms with van der Waals surface area (Å²) in [7, 11) is 0. The molecule has 1 aliphatic heterocycles. The van der Waals surface area contributed by atoms with Crippen LogP contribution in [-0.2, 0) is 24.6 Å². The van der Waals surface area contributed by atoms with E-state index in [0.717, 1.165) is 28.0 Å². The number of nitrogens with one attached hydrogen (secondary N) is 1. The molecule has 0 saturated heterocycles. The number of ether oxygens (including phenoxy) is 4. The summed E-state index contributed by atoms with van der Waals surface area (Å²) in [5.74, 6) is 1.01. The summed E-state index contributed by atoms with van der Waals surface area (Å²) in [6.45, 7) is 4.82. The first-order valence-corrected chi connectivity index (χ1v) is 14.7. The van der Waals surface area contributed by atoms with Gasteiger partial charge in [-0.1, -0.05) is 35.9 Å². The highest BCUT2D eigenvalue weighted by molar-refractivity contribution is 6.32. The number of aliphatic hydroxyl groups excluding tert-OH is 1. The van der Waals surface area contributed by atoms with Gasteiger partial charge in [0.2, 0.25) is 0 Å². The van der Waals surface area contributed by atoms with E-state index in [-0.39, 0.29) is 19.8 Å². The summed E-state index contributed by atoms with van der Waals surface area (Å²) in [6.07, 6.45) is 1.92. The predicted molar refractivity (Wildman–Crippen MR) is 167 cm³/mol. The number of aliphatic carboxylic acids is 1. The first-order valence-electron chi connectivity index (χ1n) is 14.3. The van der Waals surface area contributed by atoms with E-state index in [9.17, 15) is 20.3 Å². The van der Waals surface area contributed by atoms with Crippen LogP contribution < -0.4 is 24.3 Å². The minimum Gasteiger partial charge on any atom is -0.488 e. The highest BCUT2D eigenvalue weighted by Gasteiger charge is 2.23. The molecule has 10 nitrogen and oxygen atoms in total. The average Bonchev–Trinajstić information content (AvgIpc) is 3.04. The van der Waals surface area contributed by atoms with Crippen molar-refractivity contribution in [1.82, 2.24) is 10.3 Å². The summed E-state index contributed by atoms with van der Waals surface area (Å²) in [4.78, 5) is 15.7. The van der Waals surface area contributed by atoms with Crippen molar-refractivity contribution < 1.29 is 34.0 Å². The van der Waals surface area contributed by atoms with E-state index < -0.39 is 18.1 Å². The molecule has 2 heterocycles. The number of nitrogens with zero attached hydrogens (tertiary/aromatic N) is 2. The van der Waals surface area contributed by atoms with E-state index in [2.05, 4.69) is 16.4 Å². The van der Waals surface area contributed by atoms with Gasteiger partial charge in [-0.05, 0) is 60.4 Å². The number of rotatable bonds is 12. The molecule has 2 unspecified atom stereocenters. The molecule has 3 aromatic carbocycles. The molecule has 0 radical (unpaired) electrons. The monoisotopic (exact) mass is 629 g/mol. The molecule has 232 valence electrons. The number of pyridine rings is 1. The van der Waals surface area contributed by atoms with E-state index in [0.29, 0.717) is 52.2 Å². The average molecular weight is 630 g/mol. The number of carbonyl (C=O) groups is 1. The van der Waals surface area contributed by atoms with Gasteiger partial charge in [-0.25, -0.2) is 0 Å². The quantitative estimate of drug-likeness (QED) is 0.185. The zero-order valence-electron chi connectivity index (χ0n) is 24.7. The zero-order valence-corrected chi connectivity index (χ0v) is 25.5. The highest BCUT2D eigenvalue weighted by Crippen LogP contribution is 2.37. The minimum atomic E-state index is -1.20. The van der Waals surface area contributed by atoms with E-state index in [1.54, 1.807) is 24.4 Å². The Morgan fingerprint density at radius 1 is 1.04 bits per heavy atom. The lowest BCUT2D eigenvalue weighted by Gasteiger charge is -2.20. The molecule has 45 heavy (non-hydrogen) atoms. The Balaban J connectivity index is 1.38. The number of fused-ring (bicyclic) bond motifs is 1. The standard InChI is InChI=1S/C34H32ClN3O7/c1-20-25(4-3-5-27(20)24-6-7-29-32(12-24)43-9-8-42-29)19-45-31-13-30(44-18-23-10-22(14-36)15-37-16-23)26(11-28(31)35)17-38-33(21(2)39)34(40)41/h3-7,10-13,15-16,21,33,38-39H,8-9,17-19H2,1-2H3,(H,40,41). The number of nitriles is 1. The van der Waals surface area contributed by atoms with Gasteiger partial charge in [-0.3, -0.25) is 15.1 Å². The second-order valence-corrected chi connectivity index (χ2v) is 11.0. The number of hydrogen-bond donors (Lipinski definition) is 3. The molecule has 0 amide bonds. The lowest BCUT2D eigenvalue weighted by atomic mass is 9.96. The van der Waals surface area contributed by atoms with E-state index in [1.165, 1.54) is 13.1 Å². The van der Waals surface area contributed by atoms with Crippen LogP contribution in [0, 0.1) is 18.3 Å². The largest absolute Gasteiger partial charge is 0.488 e.